The third kappa shape index (κ3) is 12.7. The summed E-state index contributed by atoms with van der Waals surface area (Å²) in [4.78, 5) is 66.8. The van der Waals surface area contributed by atoms with Crippen LogP contribution in [0.5, 0.6) is 0 Å². The fourth-order valence-corrected chi connectivity index (χ4v) is 9.52. The molecule has 4 aliphatic rings. The Morgan fingerprint density at radius 2 is 1.34 bits per heavy atom. The average molecular weight is 888 g/mol. The van der Waals surface area contributed by atoms with Gasteiger partial charge in [-0.2, -0.15) is 0 Å². The maximum atomic E-state index is 13.7. The van der Waals surface area contributed by atoms with Crippen LogP contribution < -0.4 is 49.5 Å². The SMILES string of the molecule is CCCCc1ccc(-c2ccc(C(=O)NCCCC[C@H](NC(=O)[C@@H](N)CCN)C(=O)N[C@@H](C)C(=O)N[C@@H](CCCCN)C(=O)N[C@@H](N)B3OC4C[C@@H]5C[C@@H](C5(C)C)[C@]4(C)O3)cc2)cc1. The zero-order valence-electron chi connectivity index (χ0n) is 38.6. The molecule has 5 amide bonds. The number of carbonyl (C=O) groups excluding carboxylic acids is 5. The molecule has 9 atom stereocenters. The molecule has 2 bridgehead atoms. The number of benzene rings is 2. The number of nitrogens with two attached hydrogens (primary N) is 4. The second-order valence-electron chi connectivity index (χ2n) is 18.8. The van der Waals surface area contributed by atoms with Gasteiger partial charge in [0.2, 0.25) is 23.6 Å². The van der Waals surface area contributed by atoms with Crippen molar-refractivity contribution in [2.24, 2.45) is 40.2 Å². The highest BCUT2D eigenvalue weighted by Gasteiger charge is 2.68. The lowest BCUT2D eigenvalue weighted by atomic mass is 9.43. The lowest BCUT2D eigenvalue weighted by molar-refractivity contribution is -0.199. The molecule has 2 aromatic carbocycles. The van der Waals surface area contributed by atoms with Crippen molar-refractivity contribution in [3.05, 3.63) is 59.7 Å². The summed E-state index contributed by atoms with van der Waals surface area (Å²) in [6.45, 7) is 11.2. The molecule has 352 valence electrons. The van der Waals surface area contributed by atoms with Crippen LogP contribution in [0.1, 0.15) is 121 Å². The molecule has 13 N–H and O–H groups in total. The van der Waals surface area contributed by atoms with Gasteiger partial charge in [0, 0.05) is 12.1 Å². The summed E-state index contributed by atoms with van der Waals surface area (Å²) in [5.74, 6) is -1.63. The minimum absolute atomic E-state index is 0.119. The Morgan fingerprint density at radius 3 is 1.95 bits per heavy atom. The quantitative estimate of drug-likeness (QED) is 0.0397. The van der Waals surface area contributed by atoms with E-state index in [-0.39, 0.29) is 43.2 Å². The van der Waals surface area contributed by atoms with Crippen LogP contribution in [0, 0.1) is 17.3 Å². The fraction of sp³-hybridized carbons (Fsp3) is 0.638. The first-order valence-corrected chi connectivity index (χ1v) is 23.5. The largest absolute Gasteiger partial charge is 0.497 e. The molecule has 0 spiro atoms. The fourth-order valence-electron chi connectivity index (χ4n) is 9.52. The second-order valence-corrected chi connectivity index (χ2v) is 18.8. The molecule has 1 heterocycles. The Kier molecular flexibility index (Phi) is 18.3. The standard InChI is InChI=1S/C47H74BN9O7/c1-6-7-12-30-15-17-31(18-16-30)32-19-21-33(22-20-32)41(59)53-26-11-9-14-36(56-42(60)35(51)23-25-50)43(61)54-29(2)40(58)55-37(13-8-10-24-49)44(62)57-45(52)48-63-39-28-34-27-38(46(34,3)4)47(39,5)64-48/h15-22,29,34-39,45H,6-14,23-28,49-52H2,1-5H3,(H,53,59)(H,54,61)(H,55,58)(H,56,60)(H,57,62)/t29-,34-,35-,36-,37-,38-,39?,45+,47-/m0/s1. The number of hydrogen-bond acceptors (Lipinski definition) is 11. The molecule has 3 saturated carbocycles. The van der Waals surface area contributed by atoms with Gasteiger partial charge in [-0.15, -0.1) is 0 Å². The van der Waals surface area contributed by atoms with Crippen LogP contribution in [0.3, 0.4) is 0 Å². The van der Waals surface area contributed by atoms with Crippen molar-refractivity contribution >= 4 is 36.7 Å². The second kappa shape index (κ2) is 23.2. The highest BCUT2D eigenvalue weighted by Crippen LogP contribution is 2.65. The monoisotopic (exact) mass is 888 g/mol. The zero-order valence-corrected chi connectivity index (χ0v) is 38.6. The first-order chi connectivity index (χ1) is 30.5. The maximum absolute atomic E-state index is 13.7. The van der Waals surface area contributed by atoms with Crippen LogP contribution in [-0.4, -0.2) is 98.2 Å². The molecule has 6 rings (SSSR count). The third-order valence-corrected chi connectivity index (χ3v) is 13.8. The first-order valence-electron chi connectivity index (χ1n) is 23.5. The van der Waals surface area contributed by atoms with Crippen LogP contribution in [0.25, 0.3) is 11.1 Å². The van der Waals surface area contributed by atoms with Crippen LogP contribution in [0.15, 0.2) is 48.5 Å². The van der Waals surface area contributed by atoms with Crippen LogP contribution in [0.2, 0.25) is 0 Å². The van der Waals surface area contributed by atoms with Gasteiger partial charge in [0.25, 0.3) is 5.91 Å². The summed E-state index contributed by atoms with van der Waals surface area (Å²) < 4.78 is 12.7. The minimum Gasteiger partial charge on any atom is -0.403 e. The van der Waals surface area contributed by atoms with E-state index in [4.69, 9.17) is 32.2 Å². The van der Waals surface area contributed by atoms with E-state index in [2.05, 4.69) is 78.5 Å². The van der Waals surface area contributed by atoms with Crippen molar-refractivity contribution in [3.8, 4) is 11.1 Å². The van der Waals surface area contributed by atoms with Gasteiger partial charge in [-0.25, -0.2) is 0 Å². The molecule has 17 heteroatoms. The average Bonchev–Trinajstić information content (AvgIpc) is 3.65. The van der Waals surface area contributed by atoms with Gasteiger partial charge in [0.1, 0.15) is 24.2 Å². The summed E-state index contributed by atoms with van der Waals surface area (Å²) >= 11 is 0. The summed E-state index contributed by atoms with van der Waals surface area (Å²) in [7, 11) is -0.851. The maximum Gasteiger partial charge on any atom is 0.497 e. The van der Waals surface area contributed by atoms with Gasteiger partial charge >= 0.3 is 7.12 Å². The predicted molar refractivity (Wildman–Crippen MR) is 249 cm³/mol. The Balaban J connectivity index is 1.11. The number of unbranched alkanes of at least 4 members (excludes halogenated alkanes) is 3. The van der Waals surface area contributed by atoms with Crippen molar-refractivity contribution in [1.29, 1.82) is 0 Å². The minimum atomic E-state index is -1.08. The first kappa shape index (κ1) is 50.6. The number of nitrogens with one attached hydrogen (secondary N) is 5. The Hall–Kier alpha value is -4.39. The molecule has 0 aromatic heterocycles. The summed E-state index contributed by atoms with van der Waals surface area (Å²) in [5, 5.41) is 13.9. The zero-order chi connectivity index (χ0) is 46.6. The highest BCUT2D eigenvalue weighted by atomic mass is 16.7. The van der Waals surface area contributed by atoms with Crippen LogP contribution >= 0.6 is 0 Å². The molecule has 4 fully saturated rings. The van der Waals surface area contributed by atoms with E-state index >= 15 is 0 Å². The highest BCUT2D eigenvalue weighted by molar-refractivity contribution is 6.47. The molecule has 16 nitrogen and oxygen atoms in total. The Labute approximate surface area is 379 Å². The van der Waals surface area contributed by atoms with Crippen molar-refractivity contribution in [2.75, 3.05) is 19.6 Å². The lowest BCUT2D eigenvalue weighted by Crippen LogP contribution is -2.65. The van der Waals surface area contributed by atoms with Crippen molar-refractivity contribution in [2.45, 2.75) is 154 Å². The van der Waals surface area contributed by atoms with Gasteiger partial charge in [0.15, 0.2) is 0 Å². The molecule has 2 aromatic rings. The van der Waals surface area contributed by atoms with Crippen LogP contribution in [0.4, 0.5) is 0 Å². The van der Waals surface area contributed by atoms with E-state index in [1.54, 1.807) is 12.1 Å². The van der Waals surface area contributed by atoms with Crippen LogP contribution in [-0.2, 0) is 34.9 Å². The molecular formula is C47H74BN9O7. The lowest BCUT2D eigenvalue weighted by Gasteiger charge is -2.64. The number of hydrogen-bond donors (Lipinski definition) is 9. The molecule has 1 aliphatic heterocycles. The number of carbonyl (C=O) groups is 5. The summed E-state index contributed by atoms with van der Waals surface area (Å²) in [5.41, 5.74) is 27.4. The molecule has 0 radical (unpaired) electrons. The van der Waals surface area contributed by atoms with Crippen molar-refractivity contribution < 1.29 is 33.3 Å². The predicted octanol–water partition coefficient (Wildman–Crippen LogP) is 2.54. The van der Waals surface area contributed by atoms with Gasteiger partial charge in [-0.1, -0.05) is 63.6 Å². The molecule has 1 unspecified atom stereocenters. The number of aryl methyl sites for hydroxylation is 1. The van der Waals surface area contributed by atoms with E-state index in [0.29, 0.717) is 56.2 Å². The topological polar surface area (TPSA) is 268 Å². The van der Waals surface area contributed by atoms with Gasteiger partial charge < -0.3 is 58.8 Å². The molecule has 64 heavy (non-hydrogen) atoms. The summed E-state index contributed by atoms with van der Waals surface area (Å²) in [6.07, 6.45) is 8.03. The molecule has 1 saturated heterocycles. The van der Waals surface area contributed by atoms with Crippen molar-refractivity contribution in [3.63, 3.8) is 0 Å². The smallest absolute Gasteiger partial charge is 0.403 e. The third-order valence-electron chi connectivity index (χ3n) is 13.8. The van der Waals surface area contributed by atoms with E-state index in [0.717, 1.165) is 43.2 Å². The normalized spacial score (nSPS) is 23.0. The number of rotatable bonds is 25. The van der Waals surface area contributed by atoms with E-state index in [9.17, 15) is 24.0 Å². The van der Waals surface area contributed by atoms with E-state index < -0.39 is 66.6 Å². The van der Waals surface area contributed by atoms with Gasteiger partial charge in [-0.3, -0.25) is 24.0 Å². The van der Waals surface area contributed by atoms with E-state index in [1.807, 2.05) is 12.1 Å². The Bertz CT molecular complexity index is 1890. The van der Waals surface area contributed by atoms with Gasteiger partial charge in [0.05, 0.1) is 17.7 Å². The van der Waals surface area contributed by atoms with Gasteiger partial charge in [-0.05, 0) is 144 Å². The van der Waals surface area contributed by atoms with Crippen molar-refractivity contribution in [1.82, 2.24) is 26.6 Å². The Morgan fingerprint density at radius 1 is 0.734 bits per heavy atom. The molecule has 3 aliphatic carbocycles. The van der Waals surface area contributed by atoms with E-state index in [1.165, 1.54) is 12.5 Å². The summed E-state index contributed by atoms with van der Waals surface area (Å²) in [6, 6.07) is 10.9. The molecular weight excluding hydrogens is 813 g/mol. The number of amides is 5.